The van der Waals surface area contributed by atoms with Crippen molar-refractivity contribution < 1.29 is 14.8 Å². The number of nitro benzene ring substituents is 1. The summed E-state index contributed by atoms with van der Waals surface area (Å²) in [5.41, 5.74) is 0.204. The van der Waals surface area contributed by atoms with Gasteiger partial charge in [-0.25, -0.2) is 0 Å². The topological polar surface area (TPSA) is 83.7 Å². The molecule has 0 heterocycles. The predicted molar refractivity (Wildman–Crippen MR) is 79.1 cm³/mol. The molecule has 0 aliphatic heterocycles. The van der Waals surface area contributed by atoms with Gasteiger partial charge >= 0.3 is 0 Å². The highest BCUT2D eigenvalue weighted by atomic mass is 127. The van der Waals surface area contributed by atoms with Crippen LogP contribution < -0.4 is 0 Å². The maximum absolute atomic E-state index is 12.2. The summed E-state index contributed by atoms with van der Waals surface area (Å²) < 4.78 is 0.664. The lowest BCUT2D eigenvalue weighted by molar-refractivity contribution is -0.384. The SMILES string of the molecule is CC(O)CCN(C)C(=O)c1cc([N+](=O)[O-])ccc1I. The smallest absolute Gasteiger partial charge is 0.270 e. The molecule has 1 N–H and O–H groups in total. The van der Waals surface area contributed by atoms with Crippen molar-refractivity contribution in [2.24, 2.45) is 0 Å². The molecular weight excluding hydrogens is 363 g/mol. The number of rotatable bonds is 5. The van der Waals surface area contributed by atoms with Gasteiger partial charge in [0, 0.05) is 29.3 Å². The monoisotopic (exact) mass is 378 g/mol. The molecule has 0 aliphatic carbocycles. The van der Waals surface area contributed by atoms with Crippen LogP contribution in [0, 0.1) is 13.7 Å². The number of halogens is 1. The molecule has 0 aromatic heterocycles. The number of benzene rings is 1. The van der Waals surface area contributed by atoms with Gasteiger partial charge in [-0.05, 0) is 42.0 Å². The third-order valence-electron chi connectivity index (χ3n) is 2.62. The molecule has 0 spiro atoms. The summed E-state index contributed by atoms with van der Waals surface area (Å²) in [6.45, 7) is 2.05. The fourth-order valence-electron chi connectivity index (χ4n) is 1.48. The van der Waals surface area contributed by atoms with Crippen molar-refractivity contribution in [1.82, 2.24) is 4.90 Å². The number of hydrogen-bond acceptors (Lipinski definition) is 4. The zero-order valence-electron chi connectivity index (χ0n) is 10.7. The Morgan fingerprint density at radius 1 is 1.58 bits per heavy atom. The second-order valence-electron chi connectivity index (χ2n) is 4.29. The molecular formula is C12H15IN2O4. The van der Waals surface area contributed by atoms with E-state index in [0.717, 1.165) is 0 Å². The minimum Gasteiger partial charge on any atom is -0.393 e. The molecule has 19 heavy (non-hydrogen) atoms. The molecule has 0 radical (unpaired) electrons. The van der Waals surface area contributed by atoms with Crippen molar-refractivity contribution in [2.75, 3.05) is 13.6 Å². The first-order valence-corrected chi connectivity index (χ1v) is 6.78. The molecule has 0 saturated carbocycles. The van der Waals surface area contributed by atoms with Crippen LogP contribution in [0.4, 0.5) is 5.69 Å². The Morgan fingerprint density at radius 3 is 2.74 bits per heavy atom. The van der Waals surface area contributed by atoms with E-state index in [9.17, 15) is 20.0 Å². The number of aliphatic hydroxyl groups is 1. The fourth-order valence-corrected chi connectivity index (χ4v) is 2.04. The first-order chi connectivity index (χ1) is 8.82. The molecule has 0 fully saturated rings. The number of nitro groups is 1. The lowest BCUT2D eigenvalue weighted by Gasteiger charge is -2.18. The van der Waals surface area contributed by atoms with Crippen LogP contribution in [0.5, 0.6) is 0 Å². The van der Waals surface area contributed by atoms with E-state index in [-0.39, 0.29) is 11.6 Å². The largest absolute Gasteiger partial charge is 0.393 e. The number of carbonyl (C=O) groups is 1. The van der Waals surface area contributed by atoms with Gasteiger partial charge < -0.3 is 10.0 Å². The van der Waals surface area contributed by atoms with Gasteiger partial charge in [0.15, 0.2) is 0 Å². The second-order valence-corrected chi connectivity index (χ2v) is 5.45. The Morgan fingerprint density at radius 2 is 2.21 bits per heavy atom. The van der Waals surface area contributed by atoms with Crippen molar-refractivity contribution in [3.63, 3.8) is 0 Å². The maximum atomic E-state index is 12.2. The molecule has 1 amide bonds. The zero-order chi connectivity index (χ0) is 14.6. The molecule has 1 aromatic rings. The van der Waals surface area contributed by atoms with Crippen LogP contribution in [0.1, 0.15) is 23.7 Å². The van der Waals surface area contributed by atoms with Crippen molar-refractivity contribution in [1.29, 1.82) is 0 Å². The summed E-state index contributed by atoms with van der Waals surface area (Å²) in [6.07, 6.45) is -0.0206. The highest BCUT2D eigenvalue weighted by molar-refractivity contribution is 14.1. The highest BCUT2D eigenvalue weighted by Crippen LogP contribution is 2.20. The number of carbonyl (C=O) groups excluding carboxylic acids is 1. The molecule has 1 atom stereocenters. The standard InChI is InChI=1S/C12H15IN2O4/c1-8(16)5-6-14(2)12(17)10-7-9(15(18)19)3-4-11(10)13/h3-4,7-8,16H,5-6H2,1-2H3. The molecule has 1 rings (SSSR count). The molecule has 7 heteroatoms. The van der Waals surface area contributed by atoms with Crippen LogP contribution in [-0.4, -0.2) is 40.5 Å². The summed E-state index contributed by atoms with van der Waals surface area (Å²) in [5, 5.41) is 19.9. The molecule has 104 valence electrons. The van der Waals surface area contributed by atoms with Crippen molar-refractivity contribution in [2.45, 2.75) is 19.4 Å². The van der Waals surface area contributed by atoms with Gasteiger partial charge in [0.05, 0.1) is 16.6 Å². The van der Waals surface area contributed by atoms with Gasteiger partial charge in [0.2, 0.25) is 0 Å². The van der Waals surface area contributed by atoms with E-state index in [4.69, 9.17) is 0 Å². The van der Waals surface area contributed by atoms with E-state index >= 15 is 0 Å². The van der Waals surface area contributed by atoms with Gasteiger partial charge in [0.25, 0.3) is 11.6 Å². The number of hydrogen-bond donors (Lipinski definition) is 1. The van der Waals surface area contributed by atoms with E-state index in [1.165, 1.54) is 17.0 Å². The minimum absolute atomic E-state index is 0.104. The summed E-state index contributed by atoms with van der Waals surface area (Å²) in [6, 6.07) is 4.20. The number of amides is 1. The Balaban J connectivity index is 2.92. The lowest BCUT2D eigenvalue weighted by Crippen LogP contribution is -2.30. The normalized spacial score (nSPS) is 12.0. The second kappa shape index (κ2) is 6.80. The van der Waals surface area contributed by atoms with Crippen molar-refractivity contribution >= 4 is 34.2 Å². The molecule has 0 aliphatic rings. The van der Waals surface area contributed by atoms with Crippen LogP contribution in [0.25, 0.3) is 0 Å². The Kier molecular flexibility index (Phi) is 5.67. The highest BCUT2D eigenvalue weighted by Gasteiger charge is 2.18. The minimum atomic E-state index is -0.525. The van der Waals surface area contributed by atoms with Gasteiger partial charge in [-0.3, -0.25) is 14.9 Å². The number of non-ortho nitro benzene ring substituents is 1. The van der Waals surface area contributed by atoms with Crippen LogP contribution in [0.15, 0.2) is 18.2 Å². The lowest BCUT2D eigenvalue weighted by atomic mass is 10.1. The van der Waals surface area contributed by atoms with Crippen molar-refractivity contribution in [3.05, 3.63) is 37.4 Å². The third kappa shape index (κ3) is 4.43. The summed E-state index contributed by atoms with van der Waals surface area (Å²) in [5.74, 6) is -0.284. The van der Waals surface area contributed by atoms with Gasteiger partial charge in [-0.15, -0.1) is 0 Å². The Labute approximate surface area is 124 Å². The fraction of sp³-hybridized carbons (Fsp3) is 0.417. The Hall–Kier alpha value is -1.22. The third-order valence-corrected chi connectivity index (χ3v) is 3.56. The van der Waals surface area contributed by atoms with Gasteiger partial charge in [0.1, 0.15) is 0 Å². The quantitative estimate of drug-likeness (QED) is 0.483. The first kappa shape index (κ1) is 15.8. The van der Waals surface area contributed by atoms with Crippen LogP contribution in [0.2, 0.25) is 0 Å². The van der Waals surface area contributed by atoms with Crippen molar-refractivity contribution in [3.8, 4) is 0 Å². The average molecular weight is 378 g/mol. The molecule has 6 nitrogen and oxygen atoms in total. The number of nitrogens with zero attached hydrogens (tertiary/aromatic N) is 2. The molecule has 1 aromatic carbocycles. The van der Waals surface area contributed by atoms with E-state index in [1.807, 2.05) is 22.6 Å². The molecule has 0 bridgehead atoms. The average Bonchev–Trinajstić information content (AvgIpc) is 2.35. The van der Waals surface area contributed by atoms with E-state index in [0.29, 0.717) is 22.1 Å². The van der Waals surface area contributed by atoms with Crippen LogP contribution in [-0.2, 0) is 0 Å². The first-order valence-electron chi connectivity index (χ1n) is 5.70. The summed E-state index contributed by atoms with van der Waals surface area (Å²) in [4.78, 5) is 23.8. The molecule has 0 saturated heterocycles. The van der Waals surface area contributed by atoms with E-state index < -0.39 is 11.0 Å². The summed E-state index contributed by atoms with van der Waals surface area (Å²) >= 11 is 1.97. The van der Waals surface area contributed by atoms with Crippen LogP contribution >= 0.6 is 22.6 Å². The predicted octanol–water partition coefficient (Wildman–Crippen LogP) is 2.04. The zero-order valence-corrected chi connectivity index (χ0v) is 12.8. The Bertz CT molecular complexity index is 491. The maximum Gasteiger partial charge on any atom is 0.270 e. The van der Waals surface area contributed by atoms with E-state index in [1.54, 1.807) is 20.0 Å². The summed E-state index contributed by atoms with van der Waals surface area (Å²) in [7, 11) is 1.61. The van der Waals surface area contributed by atoms with Crippen LogP contribution in [0.3, 0.4) is 0 Å². The van der Waals surface area contributed by atoms with Gasteiger partial charge in [-0.2, -0.15) is 0 Å². The number of aliphatic hydroxyl groups excluding tert-OH is 1. The van der Waals surface area contributed by atoms with Gasteiger partial charge in [-0.1, -0.05) is 0 Å². The molecule has 1 unspecified atom stereocenters. The van der Waals surface area contributed by atoms with E-state index in [2.05, 4.69) is 0 Å².